The van der Waals surface area contributed by atoms with E-state index in [1.54, 1.807) is 19.2 Å². The van der Waals surface area contributed by atoms with Crippen molar-refractivity contribution in [2.45, 2.75) is 46.0 Å². The molecule has 2 atom stereocenters. The van der Waals surface area contributed by atoms with Crippen molar-refractivity contribution in [1.82, 2.24) is 5.32 Å². The van der Waals surface area contributed by atoms with E-state index in [0.29, 0.717) is 23.5 Å². The molecule has 0 aliphatic heterocycles. The minimum absolute atomic E-state index is 0.0610. The standard InChI is InChI=1S/C18H20O5.C2H7N.C2H6.CH4O/c1-10(19)23-18-16(22-3)7-6-14-15(20)9-11-8-12(21-2)4-5-13(11)17(14)18;1-3-2;2*1-2/h6-8,11,13H,4-5,9H2,1-3H3;3H,1-2H3;1-2H3;2H,1H3. The molecule has 0 saturated heterocycles. The second kappa shape index (κ2) is 14.6. The van der Waals surface area contributed by atoms with Crippen molar-refractivity contribution in [2.75, 3.05) is 35.4 Å². The molecule has 0 bridgehead atoms. The Morgan fingerprint density at radius 1 is 1.13 bits per heavy atom. The molecular formula is C23H37NO6. The zero-order valence-corrected chi connectivity index (χ0v) is 19.5. The molecule has 3 rings (SSSR count). The Morgan fingerprint density at radius 2 is 1.73 bits per heavy atom. The van der Waals surface area contributed by atoms with Crippen molar-refractivity contribution in [2.24, 2.45) is 5.92 Å². The van der Waals surface area contributed by atoms with E-state index in [2.05, 4.69) is 5.32 Å². The molecule has 30 heavy (non-hydrogen) atoms. The van der Waals surface area contributed by atoms with Gasteiger partial charge >= 0.3 is 5.97 Å². The van der Waals surface area contributed by atoms with Gasteiger partial charge in [-0.2, -0.15) is 0 Å². The summed E-state index contributed by atoms with van der Waals surface area (Å²) in [7, 11) is 7.93. The number of fused-ring (bicyclic) bond motifs is 3. The van der Waals surface area contributed by atoms with E-state index in [4.69, 9.17) is 19.3 Å². The Labute approximate surface area is 180 Å². The summed E-state index contributed by atoms with van der Waals surface area (Å²) in [5.74, 6) is 1.62. The molecule has 0 amide bonds. The van der Waals surface area contributed by atoms with Gasteiger partial charge in [0.15, 0.2) is 17.3 Å². The summed E-state index contributed by atoms with van der Waals surface area (Å²) in [6.07, 6.45) is 4.15. The Morgan fingerprint density at radius 3 is 2.23 bits per heavy atom. The van der Waals surface area contributed by atoms with E-state index < -0.39 is 5.97 Å². The Bertz CT molecular complexity index is 714. The largest absolute Gasteiger partial charge is 0.501 e. The molecule has 0 spiro atoms. The molecule has 1 aromatic carbocycles. The van der Waals surface area contributed by atoms with Crippen LogP contribution in [0, 0.1) is 5.92 Å². The lowest BCUT2D eigenvalue weighted by atomic mass is 9.69. The predicted molar refractivity (Wildman–Crippen MR) is 118 cm³/mol. The summed E-state index contributed by atoms with van der Waals surface area (Å²) in [6.45, 7) is 5.35. The summed E-state index contributed by atoms with van der Waals surface area (Å²) >= 11 is 0. The van der Waals surface area contributed by atoms with Crippen LogP contribution in [0.1, 0.15) is 61.9 Å². The van der Waals surface area contributed by atoms with Gasteiger partial charge in [0, 0.05) is 38.0 Å². The van der Waals surface area contributed by atoms with Crippen LogP contribution in [0.25, 0.3) is 0 Å². The van der Waals surface area contributed by atoms with Gasteiger partial charge in [-0.05, 0) is 50.6 Å². The second-order valence-corrected chi connectivity index (χ2v) is 6.43. The monoisotopic (exact) mass is 423 g/mol. The van der Waals surface area contributed by atoms with Gasteiger partial charge < -0.3 is 24.6 Å². The molecule has 2 aliphatic carbocycles. The number of allylic oxidation sites excluding steroid dienone is 2. The third-order valence-electron chi connectivity index (χ3n) is 4.60. The van der Waals surface area contributed by atoms with Crippen LogP contribution < -0.4 is 14.8 Å². The Kier molecular flexibility index (Phi) is 13.4. The first-order valence-electron chi connectivity index (χ1n) is 10.2. The van der Waals surface area contributed by atoms with E-state index >= 15 is 0 Å². The fourth-order valence-electron chi connectivity index (χ4n) is 3.60. The number of ketones is 1. The van der Waals surface area contributed by atoms with E-state index in [-0.39, 0.29) is 17.6 Å². The maximum Gasteiger partial charge on any atom is 0.308 e. The molecule has 0 fully saturated rings. The molecule has 2 N–H and O–H groups in total. The number of hydrogen-bond donors (Lipinski definition) is 2. The first-order chi connectivity index (χ1) is 14.5. The summed E-state index contributed by atoms with van der Waals surface area (Å²) in [5.41, 5.74) is 1.43. The maximum atomic E-state index is 12.5. The zero-order chi connectivity index (χ0) is 23.3. The lowest BCUT2D eigenvalue weighted by Gasteiger charge is -2.35. The molecule has 0 heterocycles. The number of aliphatic hydroxyl groups excluding tert-OH is 1. The van der Waals surface area contributed by atoms with Crippen LogP contribution in [-0.4, -0.2) is 52.3 Å². The van der Waals surface area contributed by atoms with Crippen LogP contribution in [0.5, 0.6) is 11.5 Å². The van der Waals surface area contributed by atoms with Gasteiger partial charge in [-0.3, -0.25) is 9.59 Å². The average Bonchev–Trinajstić information content (AvgIpc) is 2.76. The van der Waals surface area contributed by atoms with Crippen LogP contribution in [0.15, 0.2) is 24.0 Å². The van der Waals surface area contributed by atoms with E-state index in [9.17, 15) is 9.59 Å². The van der Waals surface area contributed by atoms with Gasteiger partial charge in [0.05, 0.1) is 20.0 Å². The van der Waals surface area contributed by atoms with Gasteiger partial charge in [0.25, 0.3) is 0 Å². The SMILES string of the molecule is CC.CNC.CO.COC1=CC2CC(=O)c3ccc(OC)c(OC(C)=O)c3C2CC1. The second-order valence-electron chi connectivity index (χ2n) is 6.43. The number of methoxy groups -OCH3 is 2. The molecule has 0 aromatic heterocycles. The van der Waals surface area contributed by atoms with E-state index in [1.807, 2.05) is 34.0 Å². The number of hydrogen-bond acceptors (Lipinski definition) is 7. The highest BCUT2D eigenvalue weighted by atomic mass is 16.6. The van der Waals surface area contributed by atoms with E-state index in [1.165, 1.54) is 14.0 Å². The van der Waals surface area contributed by atoms with E-state index in [0.717, 1.165) is 31.3 Å². The van der Waals surface area contributed by atoms with Gasteiger partial charge in [-0.1, -0.05) is 13.8 Å². The maximum absolute atomic E-state index is 12.5. The molecular weight excluding hydrogens is 386 g/mol. The van der Waals surface area contributed by atoms with Gasteiger partial charge in [-0.15, -0.1) is 0 Å². The predicted octanol–water partition coefficient (Wildman–Crippen LogP) is 3.70. The number of aliphatic hydroxyl groups is 1. The van der Waals surface area contributed by atoms with Crippen LogP contribution in [0.4, 0.5) is 0 Å². The molecule has 1 aromatic rings. The smallest absolute Gasteiger partial charge is 0.308 e. The Hall–Kier alpha value is -2.38. The third-order valence-corrected chi connectivity index (χ3v) is 4.60. The minimum Gasteiger partial charge on any atom is -0.501 e. The lowest BCUT2D eigenvalue weighted by Crippen LogP contribution is -2.28. The molecule has 2 aliphatic rings. The van der Waals surface area contributed by atoms with Crippen molar-refractivity contribution in [1.29, 1.82) is 0 Å². The van der Waals surface area contributed by atoms with Gasteiger partial charge in [-0.25, -0.2) is 0 Å². The Balaban J connectivity index is 0.00000108. The molecule has 0 radical (unpaired) electrons. The zero-order valence-electron chi connectivity index (χ0n) is 19.5. The van der Waals surface area contributed by atoms with Crippen molar-refractivity contribution in [3.8, 4) is 11.5 Å². The lowest BCUT2D eigenvalue weighted by molar-refractivity contribution is -0.132. The van der Waals surface area contributed by atoms with Gasteiger partial charge in [0.2, 0.25) is 0 Å². The summed E-state index contributed by atoms with van der Waals surface area (Å²) in [4.78, 5) is 24.0. The van der Waals surface area contributed by atoms with Crippen LogP contribution in [0.2, 0.25) is 0 Å². The summed E-state index contributed by atoms with van der Waals surface area (Å²) in [6, 6.07) is 3.46. The highest BCUT2D eigenvalue weighted by Crippen LogP contribution is 2.50. The number of carbonyl (C=O) groups excluding carboxylic acids is 2. The number of esters is 1. The normalized spacial score (nSPS) is 18.3. The fourth-order valence-corrected chi connectivity index (χ4v) is 3.60. The van der Waals surface area contributed by atoms with Crippen molar-refractivity contribution in [3.63, 3.8) is 0 Å². The van der Waals surface area contributed by atoms with Crippen LogP contribution >= 0.6 is 0 Å². The number of Topliss-reactive ketones (excluding diaryl/α,β-unsaturated/α-hetero) is 1. The molecule has 7 heteroatoms. The van der Waals surface area contributed by atoms with Crippen molar-refractivity contribution >= 4 is 11.8 Å². The number of rotatable bonds is 3. The highest BCUT2D eigenvalue weighted by Gasteiger charge is 2.39. The average molecular weight is 424 g/mol. The number of benzene rings is 1. The molecule has 7 nitrogen and oxygen atoms in total. The molecule has 2 unspecified atom stereocenters. The number of nitrogens with one attached hydrogen (secondary N) is 1. The number of carbonyl (C=O) groups is 2. The first-order valence-corrected chi connectivity index (χ1v) is 10.2. The quantitative estimate of drug-likeness (QED) is 0.565. The minimum atomic E-state index is -0.421. The first kappa shape index (κ1) is 27.6. The summed E-state index contributed by atoms with van der Waals surface area (Å²) < 4.78 is 16.1. The van der Waals surface area contributed by atoms with Crippen LogP contribution in [0.3, 0.4) is 0 Å². The van der Waals surface area contributed by atoms with Crippen molar-refractivity contribution < 1.29 is 28.9 Å². The number of ether oxygens (including phenoxy) is 3. The van der Waals surface area contributed by atoms with Crippen molar-refractivity contribution in [3.05, 3.63) is 35.1 Å². The third kappa shape index (κ3) is 6.85. The highest BCUT2D eigenvalue weighted by molar-refractivity contribution is 6.00. The summed E-state index contributed by atoms with van der Waals surface area (Å²) in [5, 5.41) is 9.75. The fraction of sp³-hybridized carbons (Fsp3) is 0.565. The molecule has 0 saturated carbocycles. The topological polar surface area (TPSA) is 94.1 Å². The van der Waals surface area contributed by atoms with Crippen LogP contribution in [-0.2, 0) is 9.53 Å². The van der Waals surface area contributed by atoms with Gasteiger partial charge in [0.1, 0.15) is 0 Å². The molecule has 170 valence electrons.